The molecule has 0 fully saturated rings. The second-order valence-electron chi connectivity index (χ2n) is 6.70. The third-order valence-corrected chi connectivity index (χ3v) is 5.19. The van der Waals surface area contributed by atoms with Crippen molar-refractivity contribution in [2.24, 2.45) is 5.10 Å². The molecule has 3 aromatic carbocycles. The SMILES string of the molecule is COc1cc(/C=N\NC(=O)c2ccc3c(c2)OCO3)ccc1OCc1ccc(Cl)cc1Cl. The van der Waals surface area contributed by atoms with E-state index in [2.05, 4.69) is 10.5 Å². The highest BCUT2D eigenvalue weighted by atomic mass is 35.5. The van der Waals surface area contributed by atoms with Crippen LogP contribution >= 0.6 is 23.2 Å². The van der Waals surface area contributed by atoms with E-state index in [1.54, 1.807) is 61.7 Å². The maximum atomic E-state index is 12.3. The minimum atomic E-state index is -0.369. The summed E-state index contributed by atoms with van der Waals surface area (Å²) >= 11 is 12.1. The number of rotatable bonds is 7. The van der Waals surface area contributed by atoms with Gasteiger partial charge in [-0.2, -0.15) is 5.10 Å². The molecule has 7 nitrogen and oxygen atoms in total. The van der Waals surface area contributed by atoms with Crippen molar-refractivity contribution in [1.29, 1.82) is 0 Å². The number of nitrogens with zero attached hydrogens (tertiary/aromatic N) is 1. The van der Waals surface area contributed by atoms with E-state index in [0.717, 1.165) is 5.56 Å². The first kappa shape index (κ1) is 21.8. The molecule has 3 aromatic rings. The minimum absolute atomic E-state index is 0.146. The predicted octanol–water partition coefficient (Wildman–Crippen LogP) is 5.07. The smallest absolute Gasteiger partial charge is 0.271 e. The van der Waals surface area contributed by atoms with E-state index in [0.29, 0.717) is 44.2 Å². The van der Waals surface area contributed by atoms with Crippen LogP contribution in [-0.2, 0) is 6.61 Å². The molecule has 0 aromatic heterocycles. The van der Waals surface area contributed by atoms with Crippen LogP contribution in [0, 0.1) is 0 Å². The molecular weight excluding hydrogens is 455 g/mol. The van der Waals surface area contributed by atoms with Crippen LogP contribution in [0.25, 0.3) is 0 Å². The van der Waals surface area contributed by atoms with Crippen molar-refractivity contribution in [3.05, 3.63) is 81.3 Å². The molecule has 0 atom stereocenters. The van der Waals surface area contributed by atoms with Crippen molar-refractivity contribution in [2.75, 3.05) is 13.9 Å². The van der Waals surface area contributed by atoms with Crippen LogP contribution in [-0.4, -0.2) is 26.0 Å². The van der Waals surface area contributed by atoms with Gasteiger partial charge in [-0.3, -0.25) is 4.79 Å². The van der Waals surface area contributed by atoms with E-state index in [4.69, 9.17) is 42.1 Å². The topological polar surface area (TPSA) is 78.4 Å². The summed E-state index contributed by atoms with van der Waals surface area (Å²) in [5.74, 6) is 1.83. The summed E-state index contributed by atoms with van der Waals surface area (Å²) in [4.78, 5) is 12.3. The van der Waals surface area contributed by atoms with E-state index >= 15 is 0 Å². The van der Waals surface area contributed by atoms with Gasteiger partial charge in [0.1, 0.15) is 6.61 Å². The van der Waals surface area contributed by atoms with Gasteiger partial charge in [0.05, 0.1) is 13.3 Å². The highest BCUT2D eigenvalue weighted by Gasteiger charge is 2.16. The van der Waals surface area contributed by atoms with Crippen LogP contribution in [0.2, 0.25) is 10.0 Å². The second kappa shape index (κ2) is 9.80. The Labute approximate surface area is 194 Å². The molecule has 32 heavy (non-hydrogen) atoms. The Kier molecular flexibility index (Phi) is 6.68. The summed E-state index contributed by atoms with van der Waals surface area (Å²) in [5.41, 5.74) is 4.41. The molecule has 1 heterocycles. The summed E-state index contributed by atoms with van der Waals surface area (Å²) in [6.45, 7) is 0.401. The number of ether oxygens (including phenoxy) is 4. The molecule has 0 saturated carbocycles. The number of carbonyl (C=O) groups is 1. The highest BCUT2D eigenvalue weighted by molar-refractivity contribution is 6.35. The standard InChI is InChI=1S/C23H18Cl2N2O5/c1-29-21-8-14(2-6-19(21)30-12-16-3-5-17(24)10-18(16)25)11-26-27-23(28)15-4-7-20-22(9-15)32-13-31-20/h2-11H,12-13H2,1H3,(H,27,28)/b26-11-. The molecule has 0 spiro atoms. The van der Waals surface area contributed by atoms with Crippen molar-refractivity contribution in [2.45, 2.75) is 6.61 Å². The number of hydrogen-bond donors (Lipinski definition) is 1. The molecule has 1 amide bonds. The summed E-state index contributed by atoms with van der Waals surface area (Å²) < 4.78 is 21.8. The Morgan fingerprint density at radius 2 is 1.91 bits per heavy atom. The lowest BCUT2D eigenvalue weighted by atomic mass is 10.2. The lowest BCUT2D eigenvalue weighted by Crippen LogP contribution is -2.17. The van der Waals surface area contributed by atoms with Gasteiger partial charge in [0.15, 0.2) is 23.0 Å². The zero-order valence-corrected chi connectivity index (χ0v) is 18.4. The zero-order valence-electron chi connectivity index (χ0n) is 16.9. The molecule has 0 bridgehead atoms. The average Bonchev–Trinajstić information content (AvgIpc) is 3.27. The number of methoxy groups -OCH3 is 1. The molecule has 0 radical (unpaired) electrons. The summed E-state index contributed by atoms with van der Waals surface area (Å²) in [7, 11) is 1.54. The fourth-order valence-corrected chi connectivity index (χ4v) is 3.41. The lowest BCUT2D eigenvalue weighted by molar-refractivity contribution is 0.0954. The monoisotopic (exact) mass is 472 g/mol. The summed E-state index contributed by atoms with van der Waals surface area (Å²) in [6, 6.07) is 15.4. The van der Waals surface area contributed by atoms with Gasteiger partial charge in [-0.15, -0.1) is 0 Å². The minimum Gasteiger partial charge on any atom is -0.493 e. The van der Waals surface area contributed by atoms with Crippen LogP contribution in [0.5, 0.6) is 23.0 Å². The Hall–Kier alpha value is -3.42. The Morgan fingerprint density at radius 3 is 2.72 bits per heavy atom. The average molecular weight is 473 g/mol. The molecule has 4 rings (SSSR count). The maximum absolute atomic E-state index is 12.3. The van der Waals surface area contributed by atoms with Crippen molar-refractivity contribution in [1.82, 2.24) is 5.43 Å². The second-order valence-corrected chi connectivity index (χ2v) is 7.55. The van der Waals surface area contributed by atoms with Crippen LogP contribution in [0.1, 0.15) is 21.5 Å². The number of halogens is 2. The van der Waals surface area contributed by atoms with E-state index in [9.17, 15) is 4.79 Å². The molecule has 164 valence electrons. The van der Waals surface area contributed by atoms with Gasteiger partial charge in [0, 0.05) is 21.2 Å². The lowest BCUT2D eigenvalue weighted by Gasteiger charge is -2.12. The molecule has 1 N–H and O–H groups in total. The molecule has 9 heteroatoms. The number of carbonyl (C=O) groups excluding carboxylic acids is 1. The number of amides is 1. The van der Waals surface area contributed by atoms with Crippen LogP contribution in [0.3, 0.4) is 0 Å². The van der Waals surface area contributed by atoms with E-state index in [1.165, 1.54) is 6.21 Å². The quantitative estimate of drug-likeness (QED) is 0.383. The number of hydrogen-bond acceptors (Lipinski definition) is 6. The van der Waals surface area contributed by atoms with Gasteiger partial charge in [-0.1, -0.05) is 29.3 Å². The number of fused-ring (bicyclic) bond motifs is 1. The van der Waals surface area contributed by atoms with Crippen LogP contribution in [0.4, 0.5) is 0 Å². The molecule has 0 unspecified atom stereocenters. The van der Waals surface area contributed by atoms with Crippen molar-refractivity contribution in [3.8, 4) is 23.0 Å². The van der Waals surface area contributed by atoms with E-state index in [-0.39, 0.29) is 19.3 Å². The summed E-state index contributed by atoms with van der Waals surface area (Å²) in [5, 5.41) is 5.09. The number of hydrazone groups is 1. The van der Waals surface area contributed by atoms with Crippen LogP contribution < -0.4 is 24.4 Å². The summed E-state index contributed by atoms with van der Waals surface area (Å²) in [6.07, 6.45) is 1.51. The van der Waals surface area contributed by atoms with Gasteiger partial charge in [0.25, 0.3) is 5.91 Å². The Bertz CT molecular complexity index is 1180. The Morgan fingerprint density at radius 1 is 1.06 bits per heavy atom. The van der Waals surface area contributed by atoms with Gasteiger partial charge in [-0.25, -0.2) is 5.43 Å². The number of benzene rings is 3. The van der Waals surface area contributed by atoms with Gasteiger partial charge in [0.2, 0.25) is 6.79 Å². The predicted molar refractivity (Wildman–Crippen MR) is 121 cm³/mol. The Balaban J connectivity index is 1.38. The van der Waals surface area contributed by atoms with Gasteiger partial charge < -0.3 is 18.9 Å². The first-order valence-corrected chi connectivity index (χ1v) is 10.3. The first-order valence-electron chi connectivity index (χ1n) is 9.51. The van der Waals surface area contributed by atoms with Crippen LogP contribution in [0.15, 0.2) is 59.7 Å². The fraction of sp³-hybridized carbons (Fsp3) is 0.130. The van der Waals surface area contributed by atoms with Crippen molar-refractivity contribution < 1.29 is 23.7 Å². The molecule has 1 aliphatic rings. The third-order valence-electron chi connectivity index (χ3n) is 4.60. The molecule has 0 aliphatic carbocycles. The first-order chi connectivity index (χ1) is 15.5. The highest BCUT2D eigenvalue weighted by Crippen LogP contribution is 2.32. The van der Waals surface area contributed by atoms with Crippen molar-refractivity contribution in [3.63, 3.8) is 0 Å². The van der Waals surface area contributed by atoms with E-state index in [1.807, 2.05) is 0 Å². The van der Waals surface area contributed by atoms with Gasteiger partial charge in [-0.05, 0) is 54.1 Å². The normalized spacial score (nSPS) is 12.1. The molecular formula is C23H18Cl2N2O5. The largest absolute Gasteiger partial charge is 0.493 e. The fourth-order valence-electron chi connectivity index (χ4n) is 2.95. The molecule has 1 aliphatic heterocycles. The van der Waals surface area contributed by atoms with Crippen molar-refractivity contribution >= 4 is 35.3 Å². The number of nitrogens with one attached hydrogen (secondary N) is 1. The maximum Gasteiger partial charge on any atom is 0.271 e. The van der Waals surface area contributed by atoms with E-state index < -0.39 is 0 Å². The molecule has 0 saturated heterocycles. The zero-order chi connectivity index (χ0) is 22.5. The van der Waals surface area contributed by atoms with Gasteiger partial charge >= 0.3 is 0 Å². The third kappa shape index (κ3) is 5.07.